The van der Waals surface area contributed by atoms with Crippen molar-refractivity contribution in [3.8, 4) is 5.75 Å². The third-order valence-electron chi connectivity index (χ3n) is 8.23. The first-order valence-corrected chi connectivity index (χ1v) is 16.1. The Bertz CT molecular complexity index is 1510. The van der Waals surface area contributed by atoms with Gasteiger partial charge in [-0.05, 0) is 84.0 Å². The quantitative estimate of drug-likeness (QED) is 0.129. The summed E-state index contributed by atoms with van der Waals surface area (Å²) in [6.45, 7) is 7.34. The number of rotatable bonds is 16. The van der Waals surface area contributed by atoms with Gasteiger partial charge < -0.3 is 9.64 Å². The van der Waals surface area contributed by atoms with Crippen LogP contribution in [0.25, 0.3) is 0 Å². The molecule has 0 aliphatic heterocycles. The number of carbonyl (C=O) groups excluding carboxylic acids is 2. The summed E-state index contributed by atoms with van der Waals surface area (Å²) < 4.78 is 5.98. The van der Waals surface area contributed by atoms with Crippen molar-refractivity contribution in [1.29, 1.82) is 0 Å². The third kappa shape index (κ3) is 11.0. The maximum absolute atomic E-state index is 14.2. The normalized spacial score (nSPS) is 12.8. The molecule has 2 unspecified atom stereocenters. The maximum Gasteiger partial charge on any atom is 0.151 e. The van der Waals surface area contributed by atoms with Gasteiger partial charge in [-0.15, -0.1) is 0 Å². The molecule has 2 atom stereocenters. The van der Waals surface area contributed by atoms with Crippen molar-refractivity contribution in [3.05, 3.63) is 126 Å². The van der Waals surface area contributed by atoms with Crippen LogP contribution in [-0.4, -0.2) is 48.6 Å². The highest BCUT2D eigenvalue weighted by atomic mass is 16.5. The van der Waals surface area contributed by atoms with Gasteiger partial charge in [0, 0.05) is 57.5 Å². The zero-order valence-corrected chi connectivity index (χ0v) is 28.3. The number of hydrogen-bond donors (Lipinski definition) is 0. The monoisotopic (exact) mass is 619 g/mol. The van der Waals surface area contributed by atoms with Gasteiger partial charge in [-0.2, -0.15) is 0 Å². The Morgan fingerprint density at radius 3 is 1.93 bits per heavy atom. The molecule has 0 bridgehead atoms. The molecule has 0 fully saturated rings. The van der Waals surface area contributed by atoms with Gasteiger partial charge in [-0.25, -0.2) is 0 Å². The van der Waals surface area contributed by atoms with Gasteiger partial charge in [0.2, 0.25) is 0 Å². The van der Waals surface area contributed by atoms with E-state index in [0.717, 1.165) is 33.7 Å². The Kier molecular flexibility index (Phi) is 12.3. The molecule has 3 aromatic carbocycles. The van der Waals surface area contributed by atoms with Crippen molar-refractivity contribution in [1.82, 2.24) is 9.88 Å². The lowest BCUT2D eigenvalue weighted by Crippen LogP contribution is -2.41. The number of anilines is 1. The number of aromatic nitrogens is 1. The van der Waals surface area contributed by atoms with E-state index in [-0.39, 0.29) is 29.4 Å². The molecule has 242 valence electrons. The van der Waals surface area contributed by atoms with Crippen LogP contribution in [0.5, 0.6) is 5.75 Å². The Labute approximate surface area is 275 Å². The van der Waals surface area contributed by atoms with E-state index in [2.05, 4.69) is 59.8 Å². The molecular weight excluding hydrogens is 570 g/mol. The standard InChI is InChI=1S/C40H49N3O3/c1-40(2,3)27-39(45)34(24-30-14-18-36(19-15-30)46-29-33-10-8-7-9-11-33)26-38(44)37(25-31-20-22-41-23-21-31)43(6)28-32-12-16-35(17-13-32)42(4)5/h7-23,34,37H,24-29H2,1-6H3. The molecule has 6 nitrogen and oxygen atoms in total. The largest absolute Gasteiger partial charge is 0.489 e. The lowest BCUT2D eigenvalue weighted by atomic mass is 9.80. The second-order valence-corrected chi connectivity index (χ2v) is 13.7. The van der Waals surface area contributed by atoms with Crippen LogP contribution in [0.4, 0.5) is 5.69 Å². The predicted molar refractivity (Wildman–Crippen MR) is 187 cm³/mol. The van der Waals surface area contributed by atoms with E-state index < -0.39 is 5.92 Å². The van der Waals surface area contributed by atoms with E-state index in [0.29, 0.717) is 32.4 Å². The molecule has 0 saturated heterocycles. The molecular formula is C40H49N3O3. The van der Waals surface area contributed by atoms with Gasteiger partial charge in [-0.1, -0.05) is 75.4 Å². The molecule has 0 N–H and O–H groups in total. The first-order valence-electron chi connectivity index (χ1n) is 16.1. The van der Waals surface area contributed by atoms with Gasteiger partial charge >= 0.3 is 0 Å². The van der Waals surface area contributed by atoms with E-state index in [1.807, 2.05) is 87.9 Å². The molecule has 6 heteroatoms. The summed E-state index contributed by atoms with van der Waals surface area (Å²) in [7, 11) is 6.05. The summed E-state index contributed by atoms with van der Waals surface area (Å²) in [4.78, 5) is 36.3. The number of carbonyl (C=O) groups is 2. The predicted octanol–water partition coefficient (Wildman–Crippen LogP) is 7.59. The topological polar surface area (TPSA) is 62.7 Å². The van der Waals surface area contributed by atoms with Gasteiger partial charge in [-0.3, -0.25) is 19.5 Å². The molecule has 0 radical (unpaired) electrons. The maximum atomic E-state index is 14.2. The summed E-state index contributed by atoms with van der Waals surface area (Å²) in [5.74, 6) is 0.587. The van der Waals surface area contributed by atoms with Crippen molar-refractivity contribution in [2.24, 2.45) is 11.3 Å². The molecule has 4 aromatic rings. The summed E-state index contributed by atoms with van der Waals surface area (Å²) >= 11 is 0. The fraction of sp³-hybridized carbons (Fsp3) is 0.375. The number of pyridine rings is 1. The zero-order valence-electron chi connectivity index (χ0n) is 28.3. The number of hydrogen-bond acceptors (Lipinski definition) is 6. The van der Waals surface area contributed by atoms with Gasteiger partial charge in [0.15, 0.2) is 5.78 Å². The average Bonchev–Trinajstić information content (AvgIpc) is 3.03. The Morgan fingerprint density at radius 2 is 1.33 bits per heavy atom. The molecule has 0 aliphatic rings. The lowest BCUT2D eigenvalue weighted by Gasteiger charge is -2.29. The van der Waals surface area contributed by atoms with Crippen LogP contribution in [0.2, 0.25) is 0 Å². The molecule has 1 heterocycles. The van der Waals surface area contributed by atoms with Crippen molar-refractivity contribution < 1.29 is 14.3 Å². The number of ketones is 2. The summed E-state index contributed by atoms with van der Waals surface area (Å²) in [6.07, 6.45) is 5.21. The molecule has 0 spiro atoms. The summed E-state index contributed by atoms with van der Waals surface area (Å²) in [6, 6.07) is 30.0. The SMILES string of the molecule is CN(C)c1ccc(CN(C)C(Cc2ccncc2)C(=O)CC(Cc2ccc(OCc3ccccc3)cc2)C(=O)CC(C)(C)C)cc1. The Balaban J connectivity index is 1.51. The highest BCUT2D eigenvalue weighted by Crippen LogP contribution is 2.27. The highest BCUT2D eigenvalue weighted by Gasteiger charge is 2.31. The summed E-state index contributed by atoms with van der Waals surface area (Å²) in [5, 5.41) is 0. The second-order valence-electron chi connectivity index (χ2n) is 13.7. The summed E-state index contributed by atoms with van der Waals surface area (Å²) in [5.41, 5.74) is 5.27. The van der Waals surface area contributed by atoms with Crippen molar-refractivity contribution in [2.75, 3.05) is 26.0 Å². The first-order chi connectivity index (χ1) is 22.0. The minimum Gasteiger partial charge on any atom is -0.489 e. The van der Waals surface area contributed by atoms with E-state index >= 15 is 0 Å². The molecule has 0 aliphatic carbocycles. The second kappa shape index (κ2) is 16.3. The third-order valence-corrected chi connectivity index (χ3v) is 8.23. The zero-order chi connectivity index (χ0) is 33.1. The molecule has 4 rings (SSSR count). The van der Waals surface area contributed by atoms with Crippen molar-refractivity contribution in [3.63, 3.8) is 0 Å². The highest BCUT2D eigenvalue weighted by molar-refractivity contribution is 5.91. The fourth-order valence-corrected chi connectivity index (χ4v) is 5.65. The molecule has 0 saturated carbocycles. The van der Waals surface area contributed by atoms with Crippen molar-refractivity contribution >= 4 is 17.3 Å². The number of ether oxygens (including phenoxy) is 1. The van der Waals surface area contributed by atoms with Crippen molar-refractivity contribution in [2.45, 2.75) is 65.6 Å². The van der Waals surface area contributed by atoms with E-state index in [1.165, 1.54) is 0 Å². The minimum atomic E-state index is -0.407. The minimum absolute atomic E-state index is 0.0827. The smallest absolute Gasteiger partial charge is 0.151 e. The number of benzene rings is 3. The Hall–Kier alpha value is -4.29. The first kappa shape index (κ1) is 34.6. The van der Waals surface area contributed by atoms with Crippen LogP contribution < -0.4 is 9.64 Å². The van der Waals surface area contributed by atoms with Crippen LogP contribution in [-0.2, 0) is 35.6 Å². The van der Waals surface area contributed by atoms with Crippen LogP contribution in [0.15, 0.2) is 103 Å². The van der Waals surface area contributed by atoms with Gasteiger partial charge in [0.25, 0.3) is 0 Å². The Morgan fingerprint density at radius 1 is 0.717 bits per heavy atom. The fourth-order valence-electron chi connectivity index (χ4n) is 5.65. The molecule has 1 aromatic heterocycles. The van der Waals surface area contributed by atoms with Crippen LogP contribution in [0.3, 0.4) is 0 Å². The lowest BCUT2D eigenvalue weighted by molar-refractivity contribution is -0.131. The van der Waals surface area contributed by atoms with Gasteiger partial charge in [0.05, 0.1) is 6.04 Å². The number of nitrogens with zero attached hydrogens (tertiary/aromatic N) is 3. The van der Waals surface area contributed by atoms with Crippen LogP contribution >= 0.6 is 0 Å². The average molecular weight is 620 g/mol. The van der Waals surface area contributed by atoms with E-state index in [4.69, 9.17) is 4.74 Å². The molecule has 46 heavy (non-hydrogen) atoms. The number of likely N-dealkylation sites (N-methyl/N-ethyl adjacent to an activating group) is 1. The molecule has 0 amide bonds. The van der Waals surface area contributed by atoms with Gasteiger partial charge in [0.1, 0.15) is 18.1 Å². The van der Waals surface area contributed by atoms with E-state index in [9.17, 15) is 9.59 Å². The van der Waals surface area contributed by atoms with Crippen LogP contribution in [0, 0.1) is 11.3 Å². The van der Waals surface area contributed by atoms with Crippen LogP contribution in [0.1, 0.15) is 55.9 Å². The van der Waals surface area contributed by atoms with E-state index in [1.54, 1.807) is 12.4 Å². The number of Topliss-reactive ketones (excluding diaryl/α,β-unsaturated/α-hetero) is 2.